The van der Waals surface area contributed by atoms with Crippen LogP contribution >= 0.6 is 11.3 Å². The molecule has 2 heterocycles. The lowest BCUT2D eigenvalue weighted by Crippen LogP contribution is -2.50. The van der Waals surface area contributed by atoms with E-state index in [2.05, 4.69) is 46.7 Å². The van der Waals surface area contributed by atoms with E-state index in [4.69, 9.17) is 14.6 Å². The molecule has 1 aliphatic heterocycles. The highest BCUT2D eigenvalue weighted by Gasteiger charge is 2.45. The van der Waals surface area contributed by atoms with Crippen LogP contribution in [0, 0.1) is 5.92 Å². The molecular formula is C27H35NO5S. The van der Waals surface area contributed by atoms with Crippen LogP contribution in [0.1, 0.15) is 37.0 Å². The van der Waals surface area contributed by atoms with E-state index in [-0.39, 0.29) is 24.5 Å². The fraction of sp³-hybridized carbons (Fsp3) is 0.519. The molecule has 2 N–H and O–H groups in total. The number of thiophene rings is 1. The molecular weight excluding hydrogens is 450 g/mol. The van der Waals surface area contributed by atoms with Crippen molar-refractivity contribution >= 4 is 17.3 Å². The van der Waals surface area contributed by atoms with Crippen LogP contribution in [0.2, 0.25) is 0 Å². The first kappa shape index (κ1) is 25.1. The highest BCUT2D eigenvalue weighted by Crippen LogP contribution is 2.37. The lowest BCUT2D eigenvalue weighted by Gasteiger charge is -2.37. The van der Waals surface area contributed by atoms with Gasteiger partial charge in [0, 0.05) is 42.8 Å². The minimum atomic E-state index is -0.770. The zero-order valence-corrected chi connectivity index (χ0v) is 20.4. The number of aliphatic hydroxyl groups is 1. The summed E-state index contributed by atoms with van der Waals surface area (Å²) in [7, 11) is 0. The van der Waals surface area contributed by atoms with Crippen LogP contribution in [0.5, 0.6) is 0 Å². The number of aliphatic carboxylic acids is 1. The van der Waals surface area contributed by atoms with Crippen molar-refractivity contribution in [3.63, 3.8) is 0 Å². The van der Waals surface area contributed by atoms with E-state index in [1.165, 1.54) is 16.0 Å². The second kappa shape index (κ2) is 12.6. The van der Waals surface area contributed by atoms with E-state index in [0.29, 0.717) is 32.7 Å². The summed E-state index contributed by atoms with van der Waals surface area (Å²) < 4.78 is 12.0. The molecule has 7 heteroatoms. The van der Waals surface area contributed by atoms with Gasteiger partial charge in [-0.2, -0.15) is 0 Å². The summed E-state index contributed by atoms with van der Waals surface area (Å²) >= 11 is 1.71. The lowest BCUT2D eigenvalue weighted by molar-refractivity contribution is -0.136. The molecule has 1 saturated carbocycles. The number of carboxylic acid groups (broad SMARTS) is 1. The Hall–Kier alpha value is -2.03. The molecule has 34 heavy (non-hydrogen) atoms. The van der Waals surface area contributed by atoms with Crippen molar-refractivity contribution in [3.8, 4) is 11.1 Å². The van der Waals surface area contributed by atoms with Crippen LogP contribution in [-0.4, -0.2) is 65.6 Å². The summed E-state index contributed by atoms with van der Waals surface area (Å²) in [6.07, 6.45) is 6.74. The van der Waals surface area contributed by atoms with E-state index < -0.39 is 12.1 Å². The first-order valence-corrected chi connectivity index (χ1v) is 13.1. The maximum absolute atomic E-state index is 11.0. The van der Waals surface area contributed by atoms with Gasteiger partial charge in [0.15, 0.2) is 0 Å². The fourth-order valence-corrected chi connectivity index (χ4v) is 5.97. The van der Waals surface area contributed by atoms with Gasteiger partial charge in [-0.1, -0.05) is 42.5 Å². The van der Waals surface area contributed by atoms with Gasteiger partial charge in [0.25, 0.3) is 0 Å². The normalized spacial score (nSPS) is 25.8. The number of hydrogen-bond donors (Lipinski definition) is 2. The van der Waals surface area contributed by atoms with E-state index in [1.54, 1.807) is 11.3 Å². The Morgan fingerprint density at radius 2 is 1.91 bits per heavy atom. The molecule has 0 radical (unpaired) electrons. The molecule has 6 nitrogen and oxygen atoms in total. The van der Waals surface area contributed by atoms with Crippen molar-refractivity contribution in [1.29, 1.82) is 0 Å². The number of allylic oxidation sites excluding steroid dienone is 2. The summed E-state index contributed by atoms with van der Waals surface area (Å²) in [4.78, 5) is 14.3. The average Bonchev–Trinajstić information content (AvgIpc) is 3.45. The minimum Gasteiger partial charge on any atom is -0.481 e. The first-order chi connectivity index (χ1) is 16.6. The number of morpholine rings is 1. The third kappa shape index (κ3) is 6.77. The topological polar surface area (TPSA) is 79.2 Å². The number of benzene rings is 1. The molecule has 0 amide bonds. The summed E-state index contributed by atoms with van der Waals surface area (Å²) in [6, 6.07) is 12.6. The third-order valence-corrected chi connectivity index (χ3v) is 7.72. The van der Waals surface area contributed by atoms with Gasteiger partial charge in [-0.05, 0) is 41.8 Å². The fourth-order valence-electron chi connectivity index (χ4n) is 5.15. The molecule has 1 aromatic carbocycles. The first-order valence-electron chi connectivity index (χ1n) is 12.2. The van der Waals surface area contributed by atoms with Gasteiger partial charge < -0.3 is 19.7 Å². The molecule has 0 unspecified atom stereocenters. The number of hydrogen-bond acceptors (Lipinski definition) is 6. The lowest BCUT2D eigenvalue weighted by atomic mass is 9.93. The van der Waals surface area contributed by atoms with E-state index >= 15 is 0 Å². The van der Waals surface area contributed by atoms with Crippen LogP contribution in [0.4, 0.5) is 0 Å². The highest BCUT2D eigenvalue weighted by molar-refractivity contribution is 7.10. The number of ether oxygens (including phenoxy) is 2. The Morgan fingerprint density at radius 1 is 1.15 bits per heavy atom. The zero-order valence-electron chi connectivity index (χ0n) is 19.6. The molecule has 2 fully saturated rings. The number of rotatable bonds is 11. The van der Waals surface area contributed by atoms with Crippen LogP contribution in [-0.2, 0) is 20.9 Å². The number of carbonyl (C=O) groups is 1. The van der Waals surface area contributed by atoms with Crippen molar-refractivity contribution in [2.45, 2.75) is 57.0 Å². The Labute approximate surface area is 205 Å². The maximum atomic E-state index is 11.0. The van der Waals surface area contributed by atoms with Gasteiger partial charge in [-0.25, -0.2) is 0 Å². The van der Waals surface area contributed by atoms with Crippen LogP contribution in [0.3, 0.4) is 0 Å². The van der Waals surface area contributed by atoms with Crippen molar-refractivity contribution in [1.82, 2.24) is 4.90 Å². The molecule has 4 rings (SSSR count). The van der Waals surface area contributed by atoms with Gasteiger partial charge in [-0.3, -0.25) is 9.69 Å². The van der Waals surface area contributed by atoms with Crippen molar-refractivity contribution in [2.24, 2.45) is 5.92 Å². The predicted octanol–water partition coefficient (Wildman–Crippen LogP) is 4.58. The third-order valence-electron chi connectivity index (χ3n) is 6.81. The van der Waals surface area contributed by atoms with Crippen molar-refractivity contribution < 1.29 is 24.5 Å². The van der Waals surface area contributed by atoms with Gasteiger partial charge in [0.2, 0.25) is 0 Å². The Balaban J connectivity index is 1.38. The maximum Gasteiger partial charge on any atom is 0.303 e. The van der Waals surface area contributed by atoms with Crippen LogP contribution in [0.15, 0.2) is 53.9 Å². The molecule has 1 aliphatic carbocycles. The molecule has 0 bridgehead atoms. The van der Waals surface area contributed by atoms with E-state index in [1.807, 2.05) is 12.1 Å². The molecule has 1 aromatic heterocycles. The van der Waals surface area contributed by atoms with E-state index in [9.17, 15) is 9.90 Å². The summed E-state index contributed by atoms with van der Waals surface area (Å²) in [6.45, 7) is 3.63. The van der Waals surface area contributed by atoms with Gasteiger partial charge >= 0.3 is 5.97 Å². The molecule has 1 saturated heterocycles. The number of aliphatic hydroxyl groups excluding tert-OH is 1. The van der Waals surface area contributed by atoms with Crippen molar-refractivity contribution in [2.75, 3.05) is 26.3 Å². The molecule has 0 spiro atoms. The summed E-state index contributed by atoms with van der Waals surface area (Å²) in [5, 5.41) is 22.0. The molecule has 2 aliphatic rings. The Morgan fingerprint density at radius 3 is 2.68 bits per heavy atom. The van der Waals surface area contributed by atoms with Gasteiger partial charge in [-0.15, -0.1) is 11.3 Å². The summed E-state index contributed by atoms with van der Waals surface area (Å²) in [5.74, 6) is -0.542. The highest BCUT2D eigenvalue weighted by atomic mass is 32.1. The Kier molecular flexibility index (Phi) is 9.30. The predicted molar refractivity (Wildman–Crippen MR) is 134 cm³/mol. The van der Waals surface area contributed by atoms with E-state index in [0.717, 1.165) is 25.9 Å². The second-order valence-electron chi connectivity index (χ2n) is 9.10. The second-order valence-corrected chi connectivity index (χ2v) is 10.1. The monoisotopic (exact) mass is 485 g/mol. The number of nitrogens with zero attached hydrogens (tertiary/aromatic N) is 1. The smallest absolute Gasteiger partial charge is 0.303 e. The minimum absolute atomic E-state index is 0.00228. The average molecular weight is 486 g/mol. The van der Waals surface area contributed by atoms with Gasteiger partial charge in [0.1, 0.15) is 0 Å². The Bertz CT molecular complexity index is 924. The zero-order chi connectivity index (χ0) is 23.8. The molecule has 4 atom stereocenters. The SMILES string of the molecule is O=C(O)CC/C=C\CC[C@@H]1[C@@H](N2CCOCC2)[C@H](O)C[C@@H]1OCc1cc(-c2ccccc2)cs1. The molecule has 2 aromatic rings. The standard InChI is InChI=1S/C27H35NO5S/c29-24-17-25(33-18-22-16-21(19-34-22)20-8-4-3-5-9-20)23(10-6-1-2-7-11-26(30)31)27(24)28-12-14-32-15-13-28/h1-5,8-9,16,19,23-25,27,29H,6-7,10-15,17-18H2,(H,30,31)/b2-1-/t23-,24+,25-,27+/m0/s1. The molecule has 184 valence electrons. The summed E-state index contributed by atoms with van der Waals surface area (Å²) in [5.41, 5.74) is 2.42. The number of carboxylic acids is 1. The van der Waals surface area contributed by atoms with Gasteiger partial charge in [0.05, 0.1) is 32.0 Å². The largest absolute Gasteiger partial charge is 0.481 e. The van der Waals surface area contributed by atoms with Crippen molar-refractivity contribution in [3.05, 3.63) is 58.8 Å². The van der Waals surface area contributed by atoms with Crippen LogP contribution < -0.4 is 0 Å². The van der Waals surface area contributed by atoms with Crippen LogP contribution in [0.25, 0.3) is 11.1 Å². The quantitative estimate of drug-likeness (QED) is 0.454.